The van der Waals surface area contributed by atoms with Crippen molar-refractivity contribution in [2.24, 2.45) is 33.6 Å². The molecule has 0 spiro atoms. The summed E-state index contributed by atoms with van der Waals surface area (Å²) >= 11 is 4.95. The summed E-state index contributed by atoms with van der Waals surface area (Å²) < 4.78 is 0. The van der Waals surface area contributed by atoms with Crippen LogP contribution in [0.2, 0.25) is 0 Å². The number of nitrogens with zero attached hydrogens (tertiary/aromatic N) is 3. The number of hydrogen-bond donors (Lipinski definition) is 1. The van der Waals surface area contributed by atoms with Gasteiger partial charge in [-0.3, -0.25) is 4.99 Å². The number of aliphatic imine (C=N–C) groups is 1. The highest BCUT2D eigenvalue weighted by atomic mass is 32.1. The molecule has 2 heterocycles. The number of allylic oxidation sites excluding steroid dienone is 3. The fourth-order valence-corrected chi connectivity index (χ4v) is 6.83. The van der Waals surface area contributed by atoms with Crippen molar-refractivity contribution in [3.63, 3.8) is 0 Å². The maximum absolute atomic E-state index is 5.25. The lowest BCUT2D eigenvalue weighted by Gasteiger charge is -2.27. The zero-order valence-electron chi connectivity index (χ0n) is 22.3. The smallest absolute Gasteiger partial charge is 0.0799 e. The third-order valence-electron chi connectivity index (χ3n) is 9.64. The molecule has 3 atom stereocenters. The minimum Gasteiger partial charge on any atom is -0.371 e. The lowest BCUT2D eigenvalue weighted by Crippen LogP contribution is -2.26. The molecule has 0 aromatic heterocycles. The molecule has 3 nitrogen and oxygen atoms in total. The largest absolute Gasteiger partial charge is 0.371 e. The number of rotatable bonds is 5. The summed E-state index contributed by atoms with van der Waals surface area (Å²) in [5.74, 6) is 2.42. The number of benzene rings is 1. The average molecular weight is 478 g/mol. The predicted molar refractivity (Wildman–Crippen MR) is 149 cm³/mol. The van der Waals surface area contributed by atoms with Crippen molar-refractivity contribution in [2.45, 2.75) is 72.6 Å². The van der Waals surface area contributed by atoms with Crippen molar-refractivity contribution < 1.29 is 0 Å². The molecule has 4 aliphatic rings. The average Bonchev–Trinajstić information content (AvgIpc) is 3.13. The Bertz CT molecular complexity index is 1060. The molecule has 3 unspecified atom stereocenters. The summed E-state index contributed by atoms with van der Waals surface area (Å²) in [4.78, 5) is 11.4. The van der Waals surface area contributed by atoms with E-state index in [0.717, 1.165) is 54.8 Å². The van der Waals surface area contributed by atoms with Crippen LogP contribution in [0.1, 0.15) is 66.9 Å². The lowest BCUT2D eigenvalue weighted by molar-refractivity contribution is 0.300. The van der Waals surface area contributed by atoms with Crippen LogP contribution in [0.3, 0.4) is 0 Å². The molecule has 0 radical (unpaired) electrons. The molecule has 1 aromatic rings. The Morgan fingerprint density at radius 1 is 1.00 bits per heavy atom. The second-order valence-electron chi connectivity index (χ2n) is 12.5. The van der Waals surface area contributed by atoms with Crippen molar-refractivity contribution in [3.05, 3.63) is 41.1 Å². The molecule has 34 heavy (non-hydrogen) atoms. The Hall–Kier alpha value is -1.68. The molecule has 2 aliphatic heterocycles. The molecule has 0 bridgehead atoms. The normalized spacial score (nSPS) is 30.5. The number of fused-ring (bicyclic) bond motifs is 1. The van der Waals surface area contributed by atoms with Crippen molar-refractivity contribution in [3.8, 4) is 0 Å². The molecular formula is C30H43N3S. The van der Waals surface area contributed by atoms with Gasteiger partial charge in [-0.1, -0.05) is 54.5 Å². The van der Waals surface area contributed by atoms with Gasteiger partial charge >= 0.3 is 0 Å². The summed E-state index contributed by atoms with van der Waals surface area (Å²) in [6.07, 6.45) is 7.68. The van der Waals surface area contributed by atoms with Crippen LogP contribution in [-0.2, 0) is 6.42 Å². The third-order valence-corrected chi connectivity index (χ3v) is 9.98. The van der Waals surface area contributed by atoms with Crippen LogP contribution in [0.4, 0.5) is 11.4 Å². The predicted octanol–water partition coefficient (Wildman–Crippen LogP) is 7.30. The van der Waals surface area contributed by atoms with Gasteiger partial charge in [0.2, 0.25) is 0 Å². The summed E-state index contributed by atoms with van der Waals surface area (Å²) in [6.45, 7) is 21.2. The Morgan fingerprint density at radius 2 is 1.71 bits per heavy atom. The molecule has 4 heteroatoms. The molecule has 3 fully saturated rings. The Labute approximate surface area is 212 Å². The first kappa shape index (κ1) is 24.0. The van der Waals surface area contributed by atoms with Crippen LogP contribution >= 0.6 is 12.6 Å². The molecule has 5 rings (SSSR count). The van der Waals surface area contributed by atoms with E-state index in [2.05, 4.69) is 82.6 Å². The van der Waals surface area contributed by atoms with Gasteiger partial charge in [0.1, 0.15) is 0 Å². The SMILES string of the molecule is CCC1=CC(N2CC(C)C(C)(C)C2)=CCC1=Nc1c(S)cc(N2CC3C(C2)C3(C)C)cc1CC. The number of anilines is 1. The van der Waals surface area contributed by atoms with Crippen molar-refractivity contribution >= 4 is 29.7 Å². The minimum absolute atomic E-state index is 0.375. The van der Waals surface area contributed by atoms with E-state index >= 15 is 0 Å². The zero-order valence-corrected chi connectivity index (χ0v) is 23.2. The van der Waals surface area contributed by atoms with E-state index in [1.54, 1.807) is 0 Å². The maximum atomic E-state index is 5.25. The maximum Gasteiger partial charge on any atom is 0.0799 e. The van der Waals surface area contributed by atoms with Gasteiger partial charge in [-0.05, 0) is 70.8 Å². The van der Waals surface area contributed by atoms with Gasteiger partial charge in [-0.25, -0.2) is 0 Å². The van der Waals surface area contributed by atoms with Crippen molar-refractivity contribution in [2.75, 3.05) is 31.1 Å². The highest BCUT2D eigenvalue weighted by Gasteiger charge is 2.61. The van der Waals surface area contributed by atoms with Gasteiger partial charge in [0.15, 0.2) is 0 Å². The topological polar surface area (TPSA) is 18.8 Å². The second-order valence-corrected chi connectivity index (χ2v) is 12.9. The first-order valence-corrected chi connectivity index (χ1v) is 13.8. The molecule has 1 saturated carbocycles. The Kier molecular flexibility index (Phi) is 5.98. The Balaban J connectivity index is 1.38. The molecule has 2 saturated heterocycles. The van der Waals surface area contributed by atoms with Crippen LogP contribution in [0.5, 0.6) is 0 Å². The molecule has 2 aliphatic carbocycles. The molecular weight excluding hydrogens is 434 g/mol. The van der Waals surface area contributed by atoms with Gasteiger partial charge in [-0.2, -0.15) is 0 Å². The van der Waals surface area contributed by atoms with Gasteiger partial charge in [0.05, 0.1) is 5.69 Å². The zero-order chi connectivity index (χ0) is 24.4. The number of likely N-dealkylation sites (tertiary alicyclic amines) is 1. The first-order chi connectivity index (χ1) is 16.0. The quantitative estimate of drug-likeness (QED) is 0.449. The van der Waals surface area contributed by atoms with E-state index < -0.39 is 0 Å². The van der Waals surface area contributed by atoms with Crippen molar-refractivity contribution in [1.82, 2.24) is 4.90 Å². The summed E-state index contributed by atoms with van der Waals surface area (Å²) in [7, 11) is 0. The standard InChI is InChI=1S/C30H43N3S/c1-8-20-12-22(33-15-19(3)29(4,5)18-33)10-11-26(20)31-28-21(9-2)13-23(14-27(28)34)32-16-24-25(17-32)30(24,6)7/h10,12-14,19,24-25,34H,8-9,11,15-18H2,1-7H3. The Morgan fingerprint density at radius 3 is 2.29 bits per heavy atom. The molecule has 0 amide bonds. The van der Waals surface area contributed by atoms with E-state index in [9.17, 15) is 0 Å². The summed E-state index contributed by atoms with van der Waals surface area (Å²) in [5.41, 5.74) is 8.60. The second kappa shape index (κ2) is 8.47. The third kappa shape index (κ3) is 4.04. The number of piperidine rings is 1. The molecule has 0 N–H and O–H groups in total. The van der Waals surface area contributed by atoms with E-state index in [0.29, 0.717) is 16.7 Å². The van der Waals surface area contributed by atoms with Crippen LogP contribution in [0.25, 0.3) is 0 Å². The number of thiol groups is 1. The van der Waals surface area contributed by atoms with E-state index in [4.69, 9.17) is 17.6 Å². The van der Waals surface area contributed by atoms with Crippen LogP contribution < -0.4 is 4.90 Å². The van der Waals surface area contributed by atoms with E-state index in [1.807, 2.05) is 0 Å². The summed E-state index contributed by atoms with van der Waals surface area (Å²) in [5, 5.41) is 0. The van der Waals surface area contributed by atoms with Crippen molar-refractivity contribution in [1.29, 1.82) is 0 Å². The fraction of sp³-hybridized carbons (Fsp3) is 0.633. The minimum atomic E-state index is 0.375. The van der Waals surface area contributed by atoms with Crippen LogP contribution in [0, 0.1) is 28.6 Å². The molecule has 1 aromatic carbocycles. The number of aryl methyl sites for hydroxylation is 1. The monoisotopic (exact) mass is 477 g/mol. The van der Waals surface area contributed by atoms with Crippen LogP contribution in [-0.4, -0.2) is 36.8 Å². The van der Waals surface area contributed by atoms with Crippen LogP contribution in [0.15, 0.2) is 45.4 Å². The van der Waals surface area contributed by atoms with Gasteiger partial charge in [0.25, 0.3) is 0 Å². The van der Waals surface area contributed by atoms with Gasteiger partial charge < -0.3 is 9.80 Å². The van der Waals surface area contributed by atoms with E-state index in [1.165, 1.54) is 41.3 Å². The highest BCUT2D eigenvalue weighted by Crippen LogP contribution is 2.62. The van der Waals surface area contributed by atoms with Gasteiger partial charge in [0, 0.05) is 54.6 Å². The van der Waals surface area contributed by atoms with E-state index in [-0.39, 0.29) is 0 Å². The molecule has 184 valence electrons. The fourth-order valence-electron chi connectivity index (χ4n) is 6.50. The number of hydrogen-bond acceptors (Lipinski definition) is 4. The highest BCUT2D eigenvalue weighted by molar-refractivity contribution is 7.80. The first-order valence-electron chi connectivity index (χ1n) is 13.4. The lowest BCUT2D eigenvalue weighted by atomic mass is 9.84. The van der Waals surface area contributed by atoms with Gasteiger partial charge in [-0.15, -0.1) is 12.6 Å². The summed E-state index contributed by atoms with van der Waals surface area (Å²) in [6, 6.07) is 4.64.